The van der Waals surface area contributed by atoms with Crippen molar-refractivity contribution in [1.82, 2.24) is 10.3 Å². The molecule has 0 atom stereocenters. The first-order chi connectivity index (χ1) is 7.25. The summed E-state index contributed by atoms with van der Waals surface area (Å²) in [5.41, 5.74) is 0.974. The Morgan fingerprint density at radius 3 is 2.80 bits per heavy atom. The molecule has 0 spiro atoms. The van der Waals surface area contributed by atoms with Gasteiger partial charge in [-0.05, 0) is 54.9 Å². The van der Waals surface area contributed by atoms with Gasteiger partial charge in [0.2, 0.25) is 5.88 Å². The molecule has 0 aromatic carbocycles. The van der Waals surface area contributed by atoms with Crippen molar-refractivity contribution >= 4 is 15.9 Å². The molecule has 4 heteroatoms. The summed E-state index contributed by atoms with van der Waals surface area (Å²) in [6.07, 6.45) is 2.45. The minimum Gasteiger partial charge on any atom is -0.474 e. The van der Waals surface area contributed by atoms with Crippen molar-refractivity contribution in [3.05, 3.63) is 22.3 Å². The molecule has 0 aliphatic carbocycles. The number of ether oxygens (including phenoxy) is 1. The SMILES string of the molecule is Cc1nc(OC2CCNCC2)ccc1Br. The van der Waals surface area contributed by atoms with Gasteiger partial charge in [0.15, 0.2) is 0 Å². The number of rotatable bonds is 2. The van der Waals surface area contributed by atoms with E-state index in [0.717, 1.165) is 42.0 Å². The molecule has 0 amide bonds. The summed E-state index contributed by atoms with van der Waals surface area (Å²) < 4.78 is 6.85. The van der Waals surface area contributed by atoms with Gasteiger partial charge in [0, 0.05) is 10.5 Å². The van der Waals surface area contributed by atoms with E-state index in [-0.39, 0.29) is 0 Å². The predicted molar refractivity (Wildman–Crippen MR) is 63.2 cm³/mol. The third kappa shape index (κ3) is 2.92. The molecule has 1 fully saturated rings. The highest BCUT2D eigenvalue weighted by Crippen LogP contribution is 2.19. The summed E-state index contributed by atoms with van der Waals surface area (Å²) >= 11 is 3.43. The number of nitrogens with zero attached hydrogens (tertiary/aromatic N) is 1. The van der Waals surface area contributed by atoms with Gasteiger partial charge in [-0.2, -0.15) is 0 Å². The fourth-order valence-corrected chi connectivity index (χ4v) is 1.89. The zero-order chi connectivity index (χ0) is 10.7. The van der Waals surface area contributed by atoms with Crippen LogP contribution in [0.5, 0.6) is 5.88 Å². The van der Waals surface area contributed by atoms with Crippen LogP contribution in [0, 0.1) is 6.92 Å². The first-order valence-electron chi connectivity index (χ1n) is 5.26. The maximum absolute atomic E-state index is 5.82. The van der Waals surface area contributed by atoms with Crippen LogP contribution < -0.4 is 10.1 Å². The van der Waals surface area contributed by atoms with E-state index >= 15 is 0 Å². The number of nitrogens with one attached hydrogen (secondary N) is 1. The normalized spacial score (nSPS) is 17.7. The molecule has 1 aliphatic rings. The quantitative estimate of drug-likeness (QED) is 0.896. The Morgan fingerprint density at radius 1 is 1.40 bits per heavy atom. The summed E-state index contributed by atoms with van der Waals surface area (Å²) in [6, 6.07) is 3.90. The van der Waals surface area contributed by atoms with Gasteiger partial charge in [-0.3, -0.25) is 0 Å². The van der Waals surface area contributed by atoms with Crippen LogP contribution >= 0.6 is 15.9 Å². The molecule has 0 radical (unpaired) electrons. The van der Waals surface area contributed by atoms with Gasteiger partial charge in [-0.1, -0.05) is 0 Å². The molecule has 1 aromatic heterocycles. The Morgan fingerprint density at radius 2 is 2.13 bits per heavy atom. The van der Waals surface area contributed by atoms with Crippen molar-refractivity contribution in [3.8, 4) is 5.88 Å². The molecular weight excluding hydrogens is 256 g/mol. The van der Waals surface area contributed by atoms with Crippen LogP contribution in [-0.2, 0) is 0 Å². The summed E-state index contributed by atoms with van der Waals surface area (Å²) in [5, 5.41) is 3.31. The smallest absolute Gasteiger partial charge is 0.213 e. The summed E-state index contributed by atoms with van der Waals surface area (Å²) in [6.45, 7) is 4.06. The standard InChI is InChI=1S/C11H15BrN2O/c1-8-10(12)2-3-11(14-8)15-9-4-6-13-7-5-9/h2-3,9,13H,4-7H2,1H3. The van der Waals surface area contributed by atoms with Crippen molar-refractivity contribution < 1.29 is 4.74 Å². The third-order valence-corrected chi connectivity index (χ3v) is 3.41. The van der Waals surface area contributed by atoms with Crippen LogP contribution in [0.1, 0.15) is 18.5 Å². The number of hydrogen-bond donors (Lipinski definition) is 1. The molecule has 2 rings (SSSR count). The van der Waals surface area contributed by atoms with Crippen LogP contribution in [0.15, 0.2) is 16.6 Å². The molecule has 1 saturated heterocycles. The van der Waals surface area contributed by atoms with Crippen molar-refractivity contribution in [1.29, 1.82) is 0 Å². The van der Waals surface area contributed by atoms with E-state index in [1.165, 1.54) is 0 Å². The van der Waals surface area contributed by atoms with E-state index in [9.17, 15) is 0 Å². The molecule has 3 nitrogen and oxygen atoms in total. The highest BCUT2D eigenvalue weighted by atomic mass is 79.9. The van der Waals surface area contributed by atoms with E-state index in [2.05, 4.69) is 26.2 Å². The minimum absolute atomic E-state index is 0.319. The van der Waals surface area contributed by atoms with Crippen LogP contribution in [0.4, 0.5) is 0 Å². The summed E-state index contributed by atoms with van der Waals surface area (Å²) in [4.78, 5) is 4.38. The second-order valence-electron chi connectivity index (χ2n) is 3.78. The van der Waals surface area contributed by atoms with Gasteiger partial charge in [-0.15, -0.1) is 0 Å². The van der Waals surface area contributed by atoms with E-state index in [1.807, 2.05) is 19.1 Å². The average molecular weight is 271 g/mol. The number of hydrogen-bond acceptors (Lipinski definition) is 3. The average Bonchev–Trinajstić information content (AvgIpc) is 2.25. The van der Waals surface area contributed by atoms with E-state index in [1.54, 1.807) is 0 Å². The zero-order valence-corrected chi connectivity index (χ0v) is 10.4. The van der Waals surface area contributed by atoms with Gasteiger partial charge >= 0.3 is 0 Å². The number of halogens is 1. The summed E-state index contributed by atoms with van der Waals surface area (Å²) in [5.74, 6) is 0.739. The molecule has 82 valence electrons. The monoisotopic (exact) mass is 270 g/mol. The van der Waals surface area contributed by atoms with E-state index < -0.39 is 0 Å². The number of piperidine rings is 1. The number of pyridine rings is 1. The lowest BCUT2D eigenvalue weighted by Gasteiger charge is -2.23. The highest BCUT2D eigenvalue weighted by Gasteiger charge is 2.15. The Bertz CT molecular complexity index is 337. The number of aryl methyl sites for hydroxylation is 1. The highest BCUT2D eigenvalue weighted by molar-refractivity contribution is 9.10. The van der Waals surface area contributed by atoms with Crippen molar-refractivity contribution in [2.75, 3.05) is 13.1 Å². The van der Waals surface area contributed by atoms with E-state index in [4.69, 9.17) is 4.74 Å². The lowest BCUT2D eigenvalue weighted by atomic mass is 10.1. The number of aromatic nitrogens is 1. The molecule has 1 aromatic rings. The van der Waals surface area contributed by atoms with Gasteiger partial charge in [0.1, 0.15) is 6.10 Å². The molecule has 0 bridgehead atoms. The zero-order valence-electron chi connectivity index (χ0n) is 8.79. The van der Waals surface area contributed by atoms with Gasteiger partial charge in [0.25, 0.3) is 0 Å². The minimum atomic E-state index is 0.319. The topological polar surface area (TPSA) is 34.1 Å². The molecule has 15 heavy (non-hydrogen) atoms. The Balaban J connectivity index is 2.00. The van der Waals surface area contributed by atoms with Crippen LogP contribution in [-0.4, -0.2) is 24.2 Å². The summed E-state index contributed by atoms with van der Waals surface area (Å²) in [7, 11) is 0. The van der Waals surface area contributed by atoms with Crippen LogP contribution in [0.3, 0.4) is 0 Å². The van der Waals surface area contributed by atoms with Gasteiger partial charge < -0.3 is 10.1 Å². The lowest BCUT2D eigenvalue weighted by molar-refractivity contribution is 0.155. The maximum Gasteiger partial charge on any atom is 0.213 e. The fraction of sp³-hybridized carbons (Fsp3) is 0.545. The van der Waals surface area contributed by atoms with E-state index in [0.29, 0.717) is 6.10 Å². The Labute approximate surface area is 98.4 Å². The largest absolute Gasteiger partial charge is 0.474 e. The maximum atomic E-state index is 5.82. The van der Waals surface area contributed by atoms with Crippen molar-refractivity contribution in [3.63, 3.8) is 0 Å². The van der Waals surface area contributed by atoms with Gasteiger partial charge in [0.05, 0.1) is 5.69 Å². The molecule has 1 N–H and O–H groups in total. The first-order valence-corrected chi connectivity index (χ1v) is 6.05. The van der Waals surface area contributed by atoms with Crippen LogP contribution in [0.25, 0.3) is 0 Å². The third-order valence-electron chi connectivity index (χ3n) is 2.57. The Hall–Kier alpha value is -0.610. The molecular formula is C11H15BrN2O. The molecule has 0 saturated carbocycles. The molecule has 0 unspecified atom stereocenters. The Kier molecular flexibility index (Phi) is 3.59. The molecule has 2 heterocycles. The van der Waals surface area contributed by atoms with Gasteiger partial charge in [-0.25, -0.2) is 4.98 Å². The van der Waals surface area contributed by atoms with Crippen molar-refractivity contribution in [2.45, 2.75) is 25.9 Å². The second kappa shape index (κ2) is 4.94. The lowest BCUT2D eigenvalue weighted by Crippen LogP contribution is -2.34. The molecule has 1 aliphatic heterocycles. The fourth-order valence-electron chi connectivity index (χ4n) is 1.67. The predicted octanol–water partition coefficient (Wildman–Crippen LogP) is 2.28. The van der Waals surface area contributed by atoms with Crippen molar-refractivity contribution in [2.24, 2.45) is 0 Å². The first kappa shape index (κ1) is 10.9. The van der Waals surface area contributed by atoms with Crippen LogP contribution in [0.2, 0.25) is 0 Å². The second-order valence-corrected chi connectivity index (χ2v) is 4.64.